The van der Waals surface area contributed by atoms with E-state index in [-0.39, 0.29) is 30.4 Å². The lowest BCUT2D eigenvalue weighted by Crippen LogP contribution is -2.41. The Hall–Kier alpha value is -2.31. The number of carboxylic acids is 1. The number of fused-ring (bicyclic) bond motifs is 1. The van der Waals surface area contributed by atoms with Gasteiger partial charge in [-0.05, 0) is 0 Å². The van der Waals surface area contributed by atoms with Crippen LogP contribution in [0.25, 0.3) is 0 Å². The molecule has 2 N–H and O–H groups in total. The molecule has 0 saturated carbocycles. The highest BCUT2D eigenvalue weighted by molar-refractivity contribution is 6.02. The van der Waals surface area contributed by atoms with Crippen molar-refractivity contribution in [2.24, 2.45) is 0 Å². The molecule has 1 aromatic rings. The molecule has 18 heavy (non-hydrogen) atoms. The molecule has 0 fully saturated rings. The van der Waals surface area contributed by atoms with Gasteiger partial charge in [0.1, 0.15) is 6.54 Å². The van der Waals surface area contributed by atoms with Crippen molar-refractivity contribution in [2.45, 2.75) is 0 Å². The summed E-state index contributed by atoms with van der Waals surface area (Å²) in [5, 5.41) is 11.3. The fourth-order valence-corrected chi connectivity index (χ4v) is 1.81. The average Bonchev–Trinajstić information content (AvgIpc) is 2.27. The van der Waals surface area contributed by atoms with E-state index in [0.29, 0.717) is 5.69 Å². The van der Waals surface area contributed by atoms with E-state index in [1.807, 2.05) is 0 Å². The van der Waals surface area contributed by atoms with Crippen LogP contribution in [0.1, 0.15) is 0 Å². The summed E-state index contributed by atoms with van der Waals surface area (Å²) in [4.78, 5) is 23.5. The lowest BCUT2D eigenvalue weighted by Gasteiger charge is -2.29. The predicted molar refractivity (Wildman–Crippen MR) is 61.4 cm³/mol. The topological polar surface area (TPSA) is 78.9 Å². The Morgan fingerprint density at radius 3 is 2.94 bits per heavy atom. The summed E-state index contributed by atoms with van der Waals surface area (Å²) in [6.07, 6.45) is 0. The Kier molecular flexibility index (Phi) is 3.05. The van der Waals surface area contributed by atoms with Crippen LogP contribution in [0.4, 0.5) is 15.8 Å². The number of benzene rings is 1. The van der Waals surface area contributed by atoms with Gasteiger partial charge < -0.3 is 20.1 Å². The van der Waals surface area contributed by atoms with Crippen molar-refractivity contribution in [1.29, 1.82) is 0 Å². The molecule has 7 heteroatoms. The molecule has 1 aliphatic heterocycles. The fraction of sp³-hybridized carbons (Fsp3) is 0.273. The first-order chi connectivity index (χ1) is 8.51. The predicted octanol–water partition coefficient (Wildman–Crippen LogP) is 0.677. The number of rotatable bonds is 3. The van der Waals surface area contributed by atoms with Crippen molar-refractivity contribution in [2.75, 3.05) is 30.4 Å². The Labute approximate surface area is 102 Å². The van der Waals surface area contributed by atoms with E-state index in [2.05, 4.69) is 5.32 Å². The summed E-state index contributed by atoms with van der Waals surface area (Å²) >= 11 is 0. The summed E-state index contributed by atoms with van der Waals surface area (Å²) < 4.78 is 18.3. The van der Waals surface area contributed by atoms with E-state index in [4.69, 9.17) is 9.84 Å². The summed E-state index contributed by atoms with van der Waals surface area (Å²) in [7, 11) is 1.31. The molecule has 0 bridgehead atoms. The standard InChI is InChI=1S/C11H11FN2O4/c1-18-9-3-8-7(2-6(9)12)13-10(15)4-14(8)5-11(16)17/h2-3H,4-5H2,1H3,(H,13,15)(H,16,17). The van der Waals surface area contributed by atoms with E-state index >= 15 is 0 Å². The first-order valence-electron chi connectivity index (χ1n) is 5.15. The van der Waals surface area contributed by atoms with Crippen molar-refractivity contribution < 1.29 is 23.8 Å². The fourth-order valence-electron chi connectivity index (χ4n) is 1.81. The summed E-state index contributed by atoms with van der Waals surface area (Å²) in [6.45, 7) is -0.427. The van der Waals surface area contributed by atoms with E-state index in [1.54, 1.807) is 0 Å². The second kappa shape index (κ2) is 4.52. The number of halogens is 1. The van der Waals surface area contributed by atoms with Gasteiger partial charge in [0.2, 0.25) is 5.91 Å². The number of anilines is 2. The molecule has 0 atom stereocenters. The first-order valence-corrected chi connectivity index (χ1v) is 5.15. The molecule has 1 aliphatic rings. The van der Waals surface area contributed by atoms with Gasteiger partial charge in [-0.15, -0.1) is 0 Å². The highest BCUT2D eigenvalue weighted by Gasteiger charge is 2.25. The van der Waals surface area contributed by atoms with E-state index in [0.717, 1.165) is 6.07 Å². The quantitative estimate of drug-likeness (QED) is 0.829. The third-order valence-corrected chi connectivity index (χ3v) is 2.55. The smallest absolute Gasteiger partial charge is 0.323 e. The minimum atomic E-state index is -1.07. The molecule has 0 saturated heterocycles. The molecule has 6 nitrogen and oxygen atoms in total. The van der Waals surface area contributed by atoms with Crippen LogP contribution in [0.2, 0.25) is 0 Å². The Balaban J connectivity index is 2.45. The van der Waals surface area contributed by atoms with Gasteiger partial charge in [0.05, 0.1) is 25.0 Å². The second-order valence-corrected chi connectivity index (χ2v) is 3.80. The number of amides is 1. The zero-order chi connectivity index (χ0) is 13.3. The van der Waals surface area contributed by atoms with E-state index in [9.17, 15) is 14.0 Å². The van der Waals surface area contributed by atoms with Crippen LogP contribution < -0.4 is 15.0 Å². The van der Waals surface area contributed by atoms with Crippen LogP contribution in [0.5, 0.6) is 5.75 Å². The van der Waals surface area contributed by atoms with Gasteiger partial charge in [-0.25, -0.2) is 4.39 Å². The minimum Gasteiger partial charge on any atom is -0.494 e. The Morgan fingerprint density at radius 1 is 1.61 bits per heavy atom. The number of ether oxygens (including phenoxy) is 1. The maximum absolute atomic E-state index is 13.5. The van der Waals surface area contributed by atoms with Crippen LogP contribution in [0.15, 0.2) is 12.1 Å². The molecule has 0 aromatic heterocycles. The number of nitrogens with one attached hydrogen (secondary N) is 1. The van der Waals surface area contributed by atoms with Crippen LogP contribution in [0, 0.1) is 5.82 Å². The van der Waals surface area contributed by atoms with E-state index in [1.165, 1.54) is 18.1 Å². The summed E-state index contributed by atoms with van der Waals surface area (Å²) in [5.41, 5.74) is 0.668. The van der Waals surface area contributed by atoms with Gasteiger partial charge in [0, 0.05) is 12.1 Å². The molecule has 0 aliphatic carbocycles. The number of carboxylic acid groups (broad SMARTS) is 1. The number of aliphatic carboxylic acids is 1. The van der Waals surface area contributed by atoms with Crippen molar-refractivity contribution >= 4 is 23.3 Å². The maximum atomic E-state index is 13.5. The lowest BCUT2D eigenvalue weighted by atomic mass is 10.1. The minimum absolute atomic E-state index is 0.000266. The van der Waals surface area contributed by atoms with Crippen LogP contribution in [-0.2, 0) is 9.59 Å². The van der Waals surface area contributed by atoms with Crippen molar-refractivity contribution in [3.8, 4) is 5.75 Å². The van der Waals surface area contributed by atoms with E-state index < -0.39 is 11.8 Å². The number of hydrogen-bond acceptors (Lipinski definition) is 4. The summed E-state index contributed by atoms with van der Waals surface area (Å²) in [6, 6.07) is 2.48. The molecular weight excluding hydrogens is 243 g/mol. The zero-order valence-electron chi connectivity index (χ0n) is 9.57. The van der Waals surface area contributed by atoms with Crippen molar-refractivity contribution in [3.63, 3.8) is 0 Å². The molecule has 1 heterocycles. The molecule has 0 radical (unpaired) electrons. The van der Waals surface area contributed by atoms with Gasteiger partial charge in [-0.2, -0.15) is 0 Å². The zero-order valence-corrected chi connectivity index (χ0v) is 9.57. The number of methoxy groups -OCH3 is 1. The summed E-state index contributed by atoms with van der Waals surface area (Å²) in [5.74, 6) is -2.07. The Bertz CT molecular complexity index is 518. The molecule has 1 aromatic carbocycles. The van der Waals surface area contributed by atoms with Crippen LogP contribution >= 0.6 is 0 Å². The molecule has 1 amide bonds. The normalized spacial score (nSPS) is 13.9. The lowest BCUT2D eigenvalue weighted by molar-refractivity contribution is -0.135. The van der Waals surface area contributed by atoms with Crippen molar-refractivity contribution in [1.82, 2.24) is 0 Å². The second-order valence-electron chi connectivity index (χ2n) is 3.80. The monoisotopic (exact) mass is 254 g/mol. The first kappa shape index (κ1) is 12.2. The molecule has 0 unspecified atom stereocenters. The van der Waals surface area contributed by atoms with Gasteiger partial charge in [-0.1, -0.05) is 0 Å². The number of nitrogens with zero attached hydrogens (tertiary/aromatic N) is 1. The van der Waals surface area contributed by atoms with Gasteiger partial charge >= 0.3 is 5.97 Å². The third-order valence-electron chi connectivity index (χ3n) is 2.55. The SMILES string of the molecule is COc1cc2c(cc1F)NC(=O)CN2CC(=O)O. The van der Waals surface area contributed by atoms with Crippen LogP contribution in [-0.4, -0.2) is 37.2 Å². The number of hydrogen-bond donors (Lipinski definition) is 2. The third kappa shape index (κ3) is 2.20. The molecule has 2 rings (SSSR count). The average molecular weight is 254 g/mol. The molecule has 96 valence electrons. The number of carbonyl (C=O) groups excluding carboxylic acids is 1. The largest absolute Gasteiger partial charge is 0.494 e. The molecule has 0 spiro atoms. The maximum Gasteiger partial charge on any atom is 0.323 e. The number of carbonyl (C=O) groups is 2. The highest BCUT2D eigenvalue weighted by atomic mass is 19.1. The Morgan fingerprint density at radius 2 is 2.33 bits per heavy atom. The van der Waals surface area contributed by atoms with Crippen molar-refractivity contribution in [3.05, 3.63) is 17.9 Å². The van der Waals surface area contributed by atoms with Gasteiger partial charge in [0.25, 0.3) is 0 Å². The van der Waals surface area contributed by atoms with Gasteiger partial charge in [0.15, 0.2) is 11.6 Å². The highest BCUT2D eigenvalue weighted by Crippen LogP contribution is 2.34. The van der Waals surface area contributed by atoms with Crippen LogP contribution in [0.3, 0.4) is 0 Å². The van der Waals surface area contributed by atoms with Gasteiger partial charge in [-0.3, -0.25) is 9.59 Å². The molecular formula is C11H11FN2O4.